The highest BCUT2D eigenvalue weighted by Gasteiger charge is 2.19. The number of anilines is 1. The average Bonchev–Trinajstić information content (AvgIpc) is 3.21. The van der Waals surface area contributed by atoms with Gasteiger partial charge in [0.25, 0.3) is 17.5 Å². The molecule has 0 bridgehead atoms. The molecule has 30 heavy (non-hydrogen) atoms. The number of aromatic nitrogens is 2. The molecule has 2 N–H and O–H groups in total. The molecule has 2 rings (SSSR count). The first-order valence-electron chi connectivity index (χ1n) is 9.42. The molecule has 166 valence electrons. The minimum atomic E-state index is -0.553. The van der Waals surface area contributed by atoms with Gasteiger partial charge >= 0.3 is 0 Å². The summed E-state index contributed by atoms with van der Waals surface area (Å²) in [5.41, 5.74) is 0.858. The van der Waals surface area contributed by atoms with Crippen molar-refractivity contribution in [2.24, 2.45) is 14.1 Å². The van der Waals surface area contributed by atoms with E-state index in [0.29, 0.717) is 17.9 Å². The number of carbonyl (C=O) groups is 2. The second-order valence-corrected chi connectivity index (χ2v) is 7.72. The highest BCUT2D eigenvalue weighted by molar-refractivity contribution is 6.04. The Bertz CT molecular complexity index is 918. The molecule has 0 spiro atoms. The first-order chi connectivity index (χ1) is 13.5. The molecule has 2 amide bonds. The molecule has 0 aromatic carbocycles. The number of hydrogen-bond acceptors (Lipinski definition) is 4. The summed E-state index contributed by atoms with van der Waals surface area (Å²) in [5.74, 6) is -0.706. The van der Waals surface area contributed by atoms with E-state index in [4.69, 9.17) is 0 Å². The van der Waals surface area contributed by atoms with Gasteiger partial charge in [-0.25, -0.2) is 0 Å². The van der Waals surface area contributed by atoms with Crippen LogP contribution in [0.3, 0.4) is 0 Å². The van der Waals surface area contributed by atoms with Crippen molar-refractivity contribution in [2.45, 2.75) is 13.3 Å². The van der Waals surface area contributed by atoms with Gasteiger partial charge in [-0.05, 0) is 13.0 Å². The van der Waals surface area contributed by atoms with E-state index in [9.17, 15) is 19.7 Å². The van der Waals surface area contributed by atoms with Gasteiger partial charge in [-0.2, -0.15) is 0 Å². The lowest BCUT2D eigenvalue weighted by Gasteiger charge is -2.28. The van der Waals surface area contributed by atoms with E-state index in [1.165, 1.54) is 16.8 Å². The van der Waals surface area contributed by atoms with Crippen LogP contribution in [0.2, 0.25) is 0 Å². The van der Waals surface area contributed by atoms with Crippen LogP contribution in [0.15, 0.2) is 24.5 Å². The molecule has 0 atom stereocenters. The molecule has 0 aliphatic rings. The molecule has 10 nitrogen and oxygen atoms in total. The smallest absolute Gasteiger partial charge is 0.287 e. The number of nitrogens with zero attached hydrogens (tertiary/aromatic N) is 4. The fourth-order valence-corrected chi connectivity index (χ4v) is 2.88. The first-order valence-corrected chi connectivity index (χ1v) is 9.42. The lowest BCUT2D eigenvalue weighted by atomic mass is 10.3. The Balaban J connectivity index is 0.00000450. The Labute approximate surface area is 186 Å². The van der Waals surface area contributed by atoms with E-state index in [2.05, 4.69) is 31.7 Å². The summed E-state index contributed by atoms with van der Waals surface area (Å²) in [6, 6.07) is 2.79. The number of aryl methyl sites for hydroxylation is 2. The van der Waals surface area contributed by atoms with Crippen LogP contribution in [0.1, 0.15) is 34.3 Å². The van der Waals surface area contributed by atoms with Gasteiger partial charge in [-0.15, -0.1) is 0 Å². The minimum absolute atomic E-state index is 0. The summed E-state index contributed by atoms with van der Waals surface area (Å²) in [7, 11) is 7.57. The molecular weight excluding hydrogens is 456 g/mol. The average molecular weight is 485 g/mol. The van der Waals surface area contributed by atoms with Crippen LogP contribution >= 0.6 is 0 Å². The largest absolute Gasteiger partial charge is 1.00 e. The van der Waals surface area contributed by atoms with Gasteiger partial charge in [0.15, 0.2) is 0 Å². The third-order valence-corrected chi connectivity index (χ3v) is 5.01. The predicted octanol–water partition coefficient (Wildman–Crippen LogP) is -1.26. The number of halogens is 1. The van der Waals surface area contributed by atoms with Gasteiger partial charge < -0.3 is 41.2 Å². The lowest BCUT2D eigenvalue weighted by Crippen LogP contribution is -3.00. The SMILES string of the molecule is CC[N+](C)(C)CCCNC(=O)c1cc(NC(=O)c2cc([N+](=O)[O-])cn2C)cn1C.[Br-]. The van der Waals surface area contributed by atoms with Crippen LogP contribution in [0.25, 0.3) is 0 Å². The summed E-state index contributed by atoms with van der Waals surface area (Å²) in [6.07, 6.45) is 3.77. The van der Waals surface area contributed by atoms with Crippen molar-refractivity contribution in [1.82, 2.24) is 14.5 Å². The molecule has 0 fully saturated rings. The van der Waals surface area contributed by atoms with Crippen molar-refractivity contribution in [1.29, 1.82) is 0 Å². The summed E-state index contributed by atoms with van der Waals surface area (Å²) in [6.45, 7) is 4.69. The standard InChI is InChI=1S/C19H28N6O4.BrH/c1-6-25(4,5)9-7-8-20-18(26)16-10-14(12-22(16)2)21-19(27)17-11-15(24(28)29)13-23(17)3;/h10-13H,6-9H2,1-5H3,(H-,20,21,26,27);1H. The number of nitro groups is 1. The molecule has 0 saturated heterocycles. The molecule has 0 aliphatic heterocycles. The summed E-state index contributed by atoms with van der Waals surface area (Å²) in [5, 5.41) is 16.4. The van der Waals surface area contributed by atoms with E-state index in [1.807, 2.05) is 0 Å². The molecule has 2 aromatic heterocycles. The molecular formula is C19H29BrN6O4. The number of hydrogen-bond donors (Lipinski definition) is 2. The number of nitrogens with one attached hydrogen (secondary N) is 2. The van der Waals surface area contributed by atoms with Crippen molar-refractivity contribution in [3.8, 4) is 0 Å². The van der Waals surface area contributed by atoms with Crippen molar-refractivity contribution >= 4 is 23.2 Å². The van der Waals surface area contributed by atoms with Crippen LogP contribution in [-0.4, -0.2) is 64.1 Å². The maximum atomic E-state index is 12.4. The van der Waals surface area contributed by atoms with Gasteiger partial charge in [-0.3, -0.25) is 19.7 Å². The molecule has 2 heterocycles. The van der Waals surface area contributed by atoms with Gasteiger partial charge in [0, 0.05) is 39.3 Å². The lowest BCUT2D eigenvalue weighted by molar-refractivity contribution is -0.888. The van der Waals surface area contributed by atoms with Gasteiger partial charge in [0.1, 0.15) is 11.4 Å². The molecule has 0 saturated carbocycles. The van der Waals surface area contributed by atoms with Crippen molar-refractivity contribution in [2.75, 3.05) is 39.0 Å². The summed E-state index contributed by atoms with van der Waals surface area (Å²) < 4.78 is 3.91. The number of rotatable bonds is 9. The van der Waals surface area contributed by atoms with E-state index in [1.54, 1.807) is 30.9 Å². The van der Waals surface area contributed by atoms with E-state index in [-0.39, 0.29) is 34.3 Å². The van der Waals surface area contributed by atoms with Gasteiger partial charge in [0.05, 0.1) is 44.0 Å². The third-order valence-electron chi connectivity index (χ3n) is 5.01. The first kappa shape index (κ1) is 25.4. The fraction of sp³-hybridized carbons (Fsp3) is 0.474. The zero-order valence-electron chi connectivity index (χ0n) is 17.9. The molecule has 0 aliphatic carbocycles. The van der Waals surface area contributed by atoms with Crippen LogP contribution in [0, 0.1) is 10.1 Å². The normalized spacial score (nSPS) is 11.0. The zero-order chi connectivity index (χ0) is 21.8. The van der Waals surface area contributed by atoms with Crippen LogP contribution in [0.4, 0.5) is 11.4 Å². The quantitative estimate of drug-likeness (QED) is 0.200. The molecule has 11 heteroatoms. The third kappa shape index (κ3) is 6.42. The highest BCUT2D eigenvalue weighted by atomic mass is 79.9. The molecule has 2 aromatic rings. The zero-order valence-corrected chi connectivity index (χ0v) is 19.5. The Morgan fingerprint density at radius 3 is 2.27 bits per heavy atom. The second-order valence-electron chi connectivity index (χ2n) is 7.72. The minimum Gasteiger partial charge on any atom is -1.00 e. The van der Waals surface area contributed by atoms with E-state index in [0.717, 1.165) is 24.0 Å². The number of quaternary nitrogens is 1. The van der Waals surface area contributed by atoms with Gasteiger partial charge in [-0.1, -0.05) is 0 Å². The van der Waals surface area contributed by atoms with Crippen LogP contribution in [-0.2, 0) is 14.1 Å². The van der Waals surface area contributed by atoms with Crippen molar-refractivity contribution < 1.29 is 36.0 Å². The number of amides is 2. The van der Waals surface area contributed by atoms with Crippen LogP contribution in [0.5, 0.6) is 0 Å². The van der Waals surface area contributed by atoms with Crippen molar-refractivity contribution in [3.63, 3.8) is 0 Å². The molecule has 0 unspecified atom stereocenters. The predicted molar refractivity (Wildman–Crippen MR) is 110 cm³/mol. The monoisotopic (exact) mass is 484 g/mol. The maximum absolute atomic E-state index is 12.4. The Kier molecular flexibility index (Phi) is 8.79. The van der Waals surface area contributed by atoms with Gasteiger partial charge in [0.2, 0.25) is 0 Å². The maximum Gasteiger partial charge on any atom is 0.287 e. The Morgan fingerprint density at radius 2 is 1.70 bits per heavy atom. The Morgan fingerprint density at radius 1 is 1.10 bits per heavy atom. The Hall–Kier alpha value is -2.66. The van der Waals surface area contributed by atoms with Crippen molar-refractivity contribution in [3.05, 3.63) is 46.0 Å². The second kappa shape index (κ2) is 10.4. The van der Waals surface area contributed by atoms with Crippen LogP contribution < -0.4 is 27.6 Å². The summed E-state index contributed by atoms with van der Waals surface area (Å²) >= 11 is 0. The number of carbonyl (C=O) groups excluding carboxylic acids is 2. The highest BCUT2D eigenvalue weighted by Crippen LogP contribution is 2.18. The molecule has 0 radical (unpaired) electrons. The summed E-state index contributed by atoms with van der Waals surface area (Å²) in [4.78, 5) is 35.2. The van der Waals surface area contributed by atoms with E-state index < -0.39 is 10.8 Å². The van der Waals surface area contributed by atoms with E-state index >= 15 is 0 Å². The topological polar surface area (TPSA) is 111 Å². The fourth-order valence-electron chi connectivity index (χ4n) is 2.88.